The van der Waals surface area contributed by atoms with Gasteiger partial charge in [-0.25, -0.2) is 0 Å². The molecule has 0 spiro atoms. The van der Waals surface area contributed by atoms with Gasteiger partial charge in [-0.05, 0) is 37.5 Å². The minimum absolute atomic E-state index is 0.0317. The summed E-state index contributed by atoms with van der Waals surface area (Å²) < 4.78 is 0. The molecule has 1 heterocycles. The average molecular weight is 350 g/mol. The van der Waals surface area contributed by atoms with Crippen LogP contribution < -0.4 is 5.32 Å². The molecule has 0 bridgehead atoms. The molecule has 5 nitrogen and oxygen atoms in total. The van der Waals surface area contributed by atoms with E-state index >= 15 is 0 Å². The number of fused-ring (bicyclic) bond motifs is 1. The molecule has 5 heteroatoms. The van der Waals surface area contributed by atoms with E-state index in [1.165, 1.54) is 10.5 Å². The van der Waals surface area contributed by atoms with Crippen molar-refractivity contribution >= 4 is 17.7 Å². The second-order valence-corrected chi connectivity index (χ2v) is 6.57. The smallest absolute Gasteiger partial charge is 0.261 e. The van der Waals surface area contributed by atoms with Crippen LogP contribution in [0.15, 0.2) is 54.6 Å². The zero-order chi connectivity index (χ0) is 18.5. The van der Waals surface area contributed by atoms with Gasteiger partial charge in [-0.15, -0.1) is 0 Å². The number of carbonyl (C=O) groups is 3. The summed E-state index contributed by atoms with van der Waals surface area (Å²) in [6.45, 7) is 2.22. The lowest BCUT2D eigenvalue weighted by molar-refractivity contribution is -0.121. The Hall–Kier alpha value is -2.95. The van der Waals surface area contributed by atoms with Gasteiger partial charge in [0.25, 0.3) is 11.8 Å². The fourth-order valence-electron chi connectivity index (χ4n) is 3.21. The molecular weight excluding hydrogens is 328 g/mol. The van der Waals surface area contributed by atoms with Crippen LogP contribution in [0.25, 0.3) is 0 Å². The first kappa shape index (κ1) is 17.9. The van der Waals surface area contributed by atoms with Crippen molar-refractivity contribution in [2.75, 3.05) is 6.54 Å². The van der Waals surface area contributed by atoms with Gasteiger partial charge in [0, 0.05) is 19.0 Å². The summed E-state index contributed by atoms with van der Waals surface area (Å²) in [6, 6.07) is 16.8. The van der Waals surface area contributed by atoms with Crippen molar-refractivity contribution in [3.63, 3.8) is 0 Å². The van der Waals surface area contributed by atoms with Gasteiger partial charge in [0.15, 0.2) is 0 Å². The highest BCUT2D eigenvalue weighted by atomic mass is 16.2. The van der Waals surface area contributed by atoms with Gasteiger partial charge in [-0.3, -0.25) is 19.3 Å². The number of hydrogen-bond donors (Lipinski definition) is 1. The van der Waals surface area contributed by atoms with Crippen LogP contribution in [0.5, 0.6) is 0 Å². The van der Waals surface area contributed by atoms with E-state index in [1.54, 1.807) is 24.3 Å². The molecule has 1 aliphatic rings. The van der Waals surface area contributed by atoms with Gasteiger partial charge in [0.05, 0.1) is 11.1 Å². The highest BCUT2D eigenvalue weighted by molar-refractivity contribution is 6.21. The molecule has 1 N–H and O–H groups in total. The van der Waals surface area contributed by atoms with Crippen LogP contribution in [0.1, 0.15) is 46.0 Å². The summed E-state index contributed by atoms with van der Waals surface area (Å²) in [5, 5.41) is 2.97. The molecule has 0 saturated heterocycles. The third-order valence-electron chi connectivity index (χ3n) is 4.46. The van der Waals surface area contributed by atoms with E-state index in [9.17, 15) is 14.4 Å². The van der Waals surface area contributed by atoms with Crippen LogP contribution in [0.3, 0.4) is 0 Å². The van der Waals surface area contributed by atoms with E-state index < -0.39 is 0 Å². The minimum atomic E-state index is -0.275. The predicted molar refractivity (Wildman–Crippen MR) is 98.8 cm³/mol. The molecule has 1 atom stereocenters. The minimum Gasteiger partial charge on any atom is -0.353 e. The molecule has 2 aromatic rings. The second kappa shape index (κ2) is 7.95. The molecule has 1 aliphatic heterocycles. The lowest BCUT2D eigenvalue weighted by Crippen LogP contribution is -2.35. The standard InChI is InChI=1S/C21H22N2O3/c1-15(14-16-8-3-2-4-9-16)22-19(24)12-7-13-23-20(25)17-10-5-6-11-18(17)21(23)26/h2-6,8-11,15H,7,12-14H2,1H3,(H,22,24)/t15-/m0/s1. The molecule has 0 aliphatic carbocycles. The molecule has 134 valence electrons. The number of rotatable bonds is 7. The van der Waals surface area contributed by atoms with Gasteiger partial charge in [-0.1, -0.05) is 42.5 Å². The number of amides is 3. The van der Waals surface area contributed by atoms with E-state index in [4.69, 9.17) is 0 Å². The van der Waals surface area contributed by atoms with Gasteiger partial charge in [-0.2, -0.15) is 0 Å². The highest BCUT2D eigenvalue weighted by Gasteiger charge is 2.34. The number of nitrogens with zero attached hydrogens (tertiary/aromatic N) is 1. The summed E-state index contributed by atoms with van der Waals surface area (Å²) in [7, 11) is 0. The van der Waals surface area contributed by atoms with Crippen LogP contribution in [-0.4, -0.2) is 35.2 Å². The van der Waals surface area contributed by atoms with Crippen molar-refractivity contribution in [1.82, 2.24) is 10.2 Å². The molecule has 0 radical (unpaired) electrons. The Morgan fingerprint density at radius 2 is 1.54 bits per heavy atom. The Balaban J connectivity index is 1.44. The quantitative estimate of drug-likeness (QED) is 0.781. The average Bonchev–Trinajstić information content (AvgIpc) is 2.87. The Kier molecular flexibility index (Phi) is 5.46. The molecule has 0 fully saturated rings. The van der Waals surface area contributed by atoms with Gasteiger partial charge < -0.3 is 5.32 Å². The predicted octanol–water partition coefficient (Wildman–Crippen LogP) is 2.81. The third-order valence-corrected chi connectivity index (χ3v) is 4.46. The fourth-order valence-corrected chi connectivity index (χ4v) is 3.21. The summed E-state index contributed by atoms with van der Waals surface area (Å²) in [5.41, 5.74) is 2.06. The molecule has 0 unspecified atom stereocenters. The molecular formula is C21H22N2O3. The lowest BCUT2D eigenvalue weighted by atomic mass is 10.1. The molecule has 0 saturated carbocycles. The van der Waals surface area contributed by atoms with Crippen LogP contribution in [0, 0.1) is 0 Å². The molecule has 3 amide bonds. The summed E-state index contributed by atoms with van der Waals surface area (Å²) in [5.74, 6) is -0.614. The molecule has 26 heavy (non-hydrogen) atoms. The maximum atomic E-state index is 12.3. The van der Waals surface area contributed by atoms with Gasteiger partial charge in [0.2, 0.25) is 5.91 Å². The van der Waals surface area contributed by atoms with Crippen LogP contribution in [0.4, 0.5) is 0 Å². The van der Waals surface area contributed by atoms with E-state index in [0.717, 1.165) is 6.42 Å². The van der Waals surface area contributed by atoms with E-state index in [0.29, 0.717) is 17.5 Å². The summed E-state index contributed by atoms with van der Waals surface area (Å²) in [6.07, 6.45) is 1.51. The monoisotopic (exact) mass is 350 g/mol. The van der Waals surface area contributed by atoms with Crippen molar-refractivity contribution in [3.8, 4) is 0 Å². The Labute approximate surface area is 153 Å². The first-order chi connectivity index (χ1) is 12.6. The molecule has 0 aromatic heterocycles. The van der Waals surface area contributed by atoms with Crippen LogP contribution in [0.2, 0.25) is 0 Å². The first-order valence-corrected chi connectivity index (χ1v) is 8.85. The number of imide groups is 1. The molecule has 3 rings (SSSR count). The van der Waals surface area contributed by atoms with Crippen molar-refractivity contribution in [3.05, 3.63) is 71.3 Å². The zero-order valence-corrected chi connectivity index (χ0v) is 14.8. The van der Waals surface area contributed by atoms with Crippen molar-refractivity contribution in [2.24, 2.45) is 0 Å². The van der Waals surface area contributed by atoms with Gasteiger partial charge >= 0.3 is 0 Å². The molecule has 2 aromatic carbocycles. The van der Waals surface area contributed by atoms with Crippen LogP contribution in [-0.2, 0) is 11.2 Å². The SMILES string of the molecule is C[C@@H](Cc1ccccc1)NC(=O)CCCN1C(=O)c2ccccc2C1=O. The zero-order valence-electron chi connectivity index (χ0n) is 14.8. The van der Waals surface area contributed by atoms with Crippen molar-refractivity contribution in [1.29, 1.82) is 0 Å². The number of carbonyl (C=O) groups excluding carboxylic acids is 3. The summed E-state index contributed by atoms with van der Waals surface area (Å²) >= 11 is 0. The fraction of sp³-hybridized carbons (Fsp3) is 0.286. The van der Waals surface area contributed by atoms with Crippen molar-refractivity contribution in [2.45, 2.75) is 32.2 Å². The Morgan fingerprint density at radius 3 is 2.15 bits per heavy atom. The van der Waals surface area contributed by atoms with E-state index in [2.05, 4.69) is 5.32 Å². The Bertz CT molecular complexity index is 782. The van der Waals surface area contributed by atoms with Gasteiger partial charge in [0.1, 0.15) is 0 Å². The van der Waals surface area contributed by atoms with E-state index in [1.807, 2.05) is 37.3 Å². The lowest BCUT2D eigenvalue weighted by Gasteiger charge is -2.16. The van der Waals surface area contributed by atoms with Crippen LogP contribution >= 0.6 is 0 Å². The second-order valence-electron chi connectivity index (χ2n) is 6.57. The maximum Gasteiger partial charge on any atom is 0.261 e. The maximum absolute atomic E-state index is 12.3. The Morgan fingerprint density at radius 1 is 0.962 bits per heavy atom. The largest absolute Gasteiger partial charge is 0.353 e. The van der Waals surface area contributed by atoms with Crippen molar-refractivity contribution < 1.29 is 14.4 Å². The van der Waals surface area contributed by atoms with E-state index in [-0.39, 0.29) is 36.7 Å². The highest BCUT2D eigenvalue weighted by Crippen LogP contribution is 2.22. The number of nitrogens with one attached hydrogen (secondary N) is 1. The third kappa shape index (κ3) is 3.99. The first-order valence-electron chi connectivity index (χ1n) is 8.85. The number of hydrogen-bond acceptors (Lipinski definition) is 3. The normalized spacial score (nSPS) is 14.3. The summed E-state index contributed by atoms with van der Waals surface area (Å²) in [4.78, 5) is 37.9. The topological polar surface area (TPSA) is 66.5 Å². The number of benzene rings is 2.